The summed E-state index contributed by atoms with van der Waals surface area (Å²) in [5, 5.41) is 5.28. The molecule has 2 rings (SSSR count). The van der Waals surface area contributed by atoms with E-state index in [1.807, 2.05) is 18.2 Å². The molecule has 0 amide bonds. The molecule has 18 heavy (non-hydrogen) atoms. The maximum Gasteiger partial charge on any atom is 0.0410 e. The first kappa shape index (κ1) is 14.7. The number of benzene rings is 1. The van der Waals surface area contributed by atoms with Crippen LogP contribution < -0.4 is 5.32 Å². The molecule has 1 aromatic carbocycles. The molecule has 4 heteroatoms. The Morgan fingerprint density at radius 2 is 2.28 bits per heavy atom. The topological polar surface area (TPSA) is 12.0 Å². The van der Waals surface area contributed by atoms with Crippen molar-refractivity contribution < 1.29 is 0 Å². The van der Waals surface area contributed by atoms with Crippen molar-refractivity contribution >= 4 is 39.3 Å². The number of rotatable bonds is 5. The standard InChI is InChI=1S/C14H19BrClNS/c1-2-18-14-5-3-4-13(14)17-9-10-8-11(16)6-7-12(10)15/h6-8,13-14,17H,2-5,9H2,1H3. The van der Waals surface area contributed by atoms with Gasteiger partial charge in [0.1, 0.15) is 0 Å². The highest BCUT2D eigenvalue weighted by Crippen LogP contribution is 2.30. The van der Waals surface area contributed by atoms with Gasteiger partial charge in [0.05, 0.1) is 0 Å². The van der Waals surface area contributed by atoms with Gasteiger partial charge in [0.15, 0.2) is 0 Å². The van der Waals surface area contributed by atoms with E-state index in [0.717, 1.165) is 21.3 Å². The number of halogens is 2. The van der Waals surface area contributed by atoms with Crippen LogP contribution in [-0.4, -0.2) is 17.0 Å². The lowest BCUT2D eigenvalue weighted by Gasteiger charge is -2.20. The molecule has 0 spiro atoms. The van der Waals surface area contributed by atoms with Crippen LogP contribution >= 0.6 is 39.3 Å². The zero-order valence-electron chi connectivity index (χ0n) is 10.6. The molecule has 0 heterocycles. The second kappa shape index (κ2) is 7.18. The van der Waals surface area contributed by atoms with Crippen molar-refractivity contribution in [3.8, 4) is 0 Å². The second-order valence-electron chi connectivity index (χ2n) is 4.65. The predicted molar refractivity (Wildman–Crippen MR) is 85.6 cm³/mol. The Kier molecular flexibility index (Phi) is 5.87. The van der Waals surface area contributed by atoms with E-state index >= 15 is 0 Å². The molecule has 1 N–H and O–H groups in total. The fourth-order valence-corrected chi connectivity index (χ4v) is 4.30. The number of hydrogen-bond acceptors (Lipinski definition) is 2. The molecule has 1 saturated carbocycles. The third kappa shape index (κ3) is 3.89. The number of nitrogens with one attached hydrogen (secondary N) is 1. The van der Waals surface area contributed by atoms with Crippen molar-refractivity contribution in [1.29, 1.82) is 0 Å². The summed E-state index contributed by atoms with van der Waals surface area (Å²) in [7, 11) is 0. The summed E-state index contributed by atoms with van der Waals surface area (Å²) in [5.41, 5.74) is 1.25. The highest BCUT2D eigenvalue weighted by Gasteiger charge is 2.26. The molecule has 1 aromatic rings. The molecule has 1 nitrogen and oxygen atoms in total. The summed E-state index contributed by atoms with van der Waals surface area (Å²) >= 11 is 11.7. The van der Waals surface area contributed by atoms with Crippen LogP contribution in [0.25, 0.3) is 0 Å². The van der Waals surface area contributed by atoms with Gasteiger partial charge in [-0.05, 0) is 42.4 Å². The normalized spacial score (nSPS) is 23.5. The molecule has 1 aliphatic carbocycles. The van der Waals surface area contributed by atoms with Crippen LogP contribution in [0.4, 0.5) is 0 Å². The first-order valence-electron chi connectivity index (χ1n) is 6.49. The lowest BCUT2D eigenvalue weighted by atomic mass is 10.2. The highest BCUT2D eigenvalue weighted by molar-refractivity contribution is 9.10. The Balaban J connectivity index is 1.92. The average Bonchev–Trinajstić information content (AvgIpc) is 2.78. The molecule has 2 unspecified atom stereocenters. The van der Waals surface area contributed by atoms with Gasteiger partial charge in [0.25, 0.3) is 0 Å². The zero-order valence-corrected chi connectivity index (χ0v) is 13.7. The summed E-state index contributed by atoms with van der Waals surface area (Å²) in [4.78, 5) is 0. The molecule has 0 aliphatic heterocycles. The van der Waals surface area contributed by atoms with Crippen LogP contribution in [0.5, 0.6) is 0 Å². The van der Waals surface area contributed by atoms with Crippen molar-refractivity contribution in [1.82, 2.24) is 5.32 Å². The first-order chi connectivity index (χ1) is 8.70. The summed E-state index contributed by atoms with van der Waals surface area (Å²) in [6.45, 7) is 3.14. The Bertz CT molecular complexity index is 399. The number of hydrogen-bond donors (Lipinski definition) is 1. The minimum Gasteiger partial charge on any atom is -0.309 e. The Morgan fingerprint density at radius 3 is 3.06 bits per heavy atom. The van der Waals surface area contributed by atoms with Gasteiger partial charge in [0.2, 0.25) is 0 Å². The van der Waals surface area contributed by atoms with Crippen LogP contribution in [0.15, 0.2) is 22.7 Å². The van der Waals surface area contributed by atoms with Crippen LogP contribution in [-0.2, 0) is 6.54 Å². The maximum atomic E-state index is 6.04. The van der Waals surface area contributed by atoms with E-state index in [1.54, 1.807) is 0 Å². The molecule has 0 radical (unpaired) electrons. The fourth-order valence-electron chi connectivity index (χ4n) is 2.49. The Hall–Kier alpha value is 0.300. The molecule has 0 aromatic heterocycles. The van der Waals surface area contributed by atoms with Gasteiger partial charge >= 0.3 is 0 Å². The summed E-state index contributed by atoms with van der Waals surface area (Å²) in [5.74, 6) is 1.21. The van der Waals surface area contributed by atoms with Gasteiger partial charge in [-0.25, -0.2) is 0 Å². The van der Waals surface area contributed by atoms with E-state index in [0.29, 0.717) is 6.04 Å². The first-order valence-corrected chi connectivity index (χ1v) is 8.71. The monoisotopic (exact) mass is 347 g/mol. The maximum absolute atomic E-state index is 6.04. The third-order valence-corrected chi connectivity index (χ3v) is 5.73. The van der Waals surface area contributed by atoms with Crippen molar-refractivity contribution in [2.45, 2.75) is 44.0 Å². The largest absolute Gasteiger partial charge is 0.309 e. The van der Waals surface area contributed by atoms with Gasteiger partial charge in [0, 0.05) is 27.3 Å². The van der Waals surface area contributed by atoms with Crippen molar-refractivity contribution in [3.05, 3.63) is 33.3 Å². The van der Waals surface area contributed by atoms with Crippen LogP contribution in [0.2, 0.25) is 5.02 Å². The van der Waals surface area contributed by atoms with E-state index in [2.05, 4.69) is 39.9 Å². The minimum absolute atomic E-state index is 0.654. The van der Waals surface area contributed by atoms with Crippen LogP contribution in [0.1, 0.15) is 31.7 Å². The third-order valence-electron chi connectivity index (χ3n) is 3.40. The van der Waals surface area contributed by atoms with E-state index in [-0.39, 0.29) is 0 Å². The molecular formula is C14H19BrClNS. The molecule has 0 saturated heterocycles. The van der Waals surface area contributed by atoms with Gasteiger partial charge in [-0.2, -0.15) is 11.8 Å². The van der Waals surface area contributed by atoms with Gasteiger partial charge < -0.3 is 5.32 Å². The molecule has 2 atom stereocenters. The zero-order chi connectivity index (χ0) is 13.0. The summed E-state index contributed by atoms with van der Waals surface area (Å²) < 4.78 is 1.14. The van der Waals surface area contributed by atoms with Crippen LogP contribution in [0, 0.1) is 0 Å². The quantitative estimate of drug-likeness (QED) is 0.815. The molecule has 100 valence electrons. The van der Waals surface area contributed by atoms with E-state index in [1.165, 1.54) is 30.6 Å². The SMILES string of the molecule is CCSC1CCCC1NCc1cc(Cl)ccc1Br. The van der Waals surface area contributed by atoms with Crippen molar-refractivity contribution in [2.75, 3.05) is 5.75 Å². The van der Waals surface area contributed by atoms with Gasteiger partial charge in [-0.3, -0.25) is 0 Å². The van der Waals surface area contributed by atoms with Crippen molar-refractivity contribution in [3.63, 3.8) is 0 Å². The highest BCUT2D eigenvalue weighted by atomic mass is 79.9. The molecule has 0 bridgehead atoms. The van der Waals surface area contributed by atoms with Gasteiger partial charge in [-0.1, -0.05) is 40.9 Å². The smallest absolute Gasteiger partial charge is 0.0410 e. The molecule has 1 aliphatic rings. The molecule has 1 fully saturated rings. The summed E-state index contributed by atoms with van der Waals surface area (Å²) in [6.07, 6.45) is 4.01. The van der Waals surface area contributed by atoms with Crippen molar-refractivity contribution in [2.24, 2.45) is 0 Å². The lowest BCUT2D eigenvalue weighted by molar-refractivity contribution is 0.531. The predicted octanol–water partition coefficient (Wildman–Crippen LogP) is 4.87. The van der Waals surface area contributed by atoms with E-state index in [4.69, 9.17) is 11.6 Å². The fraction of sp³-hybridized carbons (Fsp3) is 0.571. The minimum atomic E-state index is 0.654. The Labute approximate surface area is 127 Å². The second-order valence-corrected chi connectivity index (χ2v) is 7.45. The lowest BCUT2D eigenvalue weighted by Crippen LogP contribution is -2.33. The van der Waals surface area contributed by atoms with E-state index < -0.39 is 0 Å². The summed E-state index contributed by atoms with van der Waals surface area (Å²) in [6, 6.07) is 6.63. The van der Waals surface area contributed by atoms with E-state index in [9.17, 15) is 0 Å². The molecular weight excluding hydrogens is 330 g/mol. The Morgan fingerprint density at radius 1 is 1.44 bits per heavy atom. The van der Waals surface area contributed by atoms with Gasteiger partial charge in [-0.15, -0.1) is 0 Å². The average molecular weight is 349 g/mol. The van der Waals surface area contributed by atoms with Crippen LogP contribution in [0.3, 0.4) is 0 Å². The number of thioether (sulfide) groups is 1.